The zero-order valence-electron chi connectivity index (χ0n) is 21.5. The molecule has 0 aliphatic carbocycles. The van der Waals surface area contributed by atoms with Gasteiger partial charge in [0.15, 0.2) is 0 Å². The van der Waals surface area contributed by atoms with E-state index in [0.29, 0.717) is 39.0 Å². The molecule has 3 aromatic carbocycles. The van der Waals surface area contributed by atoms with Crippen LogP contribution in [-0.2, 0) is 22.6 Å². The average Bonchev–Trinajstić information content (AvgIpc) is 2.91. The molecule has 3 rings (SSSR count). The van der Waals surface area contributed by atoms with Crippen molar-refractivity contribution < 1.29 is 14.3 Å². The molecule has 0 bridgehead atoms. The van der Waals surface area contributed by atoms with Gasteiger partial charge in [0, 0.05) is 25.9 Å². The summed E-state index contributed by atoms with van der Waals surface area (Å²) < 4.78 is 5.83. The Balaban J connectivity index is 1.74. The highest BCUT2D eigenvalue weighted by Gasteiger charge is 2.30. The van der Waals surface area contributed by atoms with Gasteiger partial charge in [-0.15, -0.1) is 0 Å². The predicted octanol–water partition coefficient (Wildman–Crippen LogP) is 5.71. The van der Waals surface area contributed by atoms with Crippen molar-refractivity contribution in [2.45, 2.75) is 58.5 Å². The van der Waals surface area contributed by atoms with Gasteiger partial charge < -0.3 is 15.0 Å². The molecule has 36 heavy (non-hydrogen) atoms. The molecular weight excluding hydrogens is 448 g/mol. The Morgan fingerprint density at radius 1 is 0.861 bits per heavy atom. The number of aryl methyl sites for hydroxylation is 1. The van der Waals surface area contributed by atoms with Crippen LogP contribution in [0.1, 0.15) is 49.3 Å². The van der Waals surface area contributed by atoms with Crippen molar-refractivity contribution in [1.29, 1.82) is 0 Å². The molecular formula is C31H38N2O3. The molecule has 2 amide bonds. The van der Waals surface area contributed by atoms with E-state index < -0.39 is 6.04 Å². The second-order valence-corrected chi connectivity index (χ2v) is 9.12. The zero-order chi connectivity index (χ0) is 25.6. The third kappa shape index (κ3) is 8.88. The summed E-state index contributed by atoms with van der Waals surface area (Å²) in [5.41, 5.74) is 3.21. The predicted molar refractivity (Wildman–Crippen MR) is 145 cm³/mol. The maximum atomic E-state index is 13.6. The Morgan fingerprint density at radius 2 is 1.50 bits per heavy atom. The minimum atomic E-state index is -0.588. The zero-order valence-corrected chi connectivity index (χ0v) is 21.5. The summed E-state index contributed by atoms with van der Waals surface area (Å²) in [6.07, 6.45) is 3.26. The number of unbranched alkanes of at least 4 members (excludes halogenated alkanes) is 1. The number of hydrogen-bond acceptors (Lipinski definition) is 3. The van der Waals surface area contributed by atoms with Crippen LogP contribution in [0.3, 0.4) is 0 Å². The molecule has 0 spiro atoms. The standard InChI is InChI=1S/C31H38N2O3/c1-3-4-21-32-31(35)29(23-26-12-7-5-8-13-26)33(24-27-14-9-6-10-15-27)30(34)16-11-22-36-28-19-17-25(2)18-20-28/h5-10,12-15,17-20,29H,3-4,11,16,21-24H2,1-2H3,(H,32,35). The van der Waals surface area contributed by atoms with Crippen LogP contribution < -0.4 is 10.1 Å². The lowest BCUT2D eigenvalue weighted by atomic mass is 10.0. The molecule has 0 aromatic heterocycles. The first-order valence-electron chi connectivity index (χ1n) is 12.9. The molecule has 0 fully saturated rings. The van der Waals surface area contributed by atoms with Gasteiger partial charge in [0.2, 0.25) is 11.8 Å². The Kier molecular flexibility index (Phi) is 11.0. The molecule has 5 nitrogen and oxygen atoms in total. The van der Waals surface area contributed by atoms with Gasteiger partial charge in [-0.25, -0.2) is 0 Å². The third-order valence-electron chi connectivity index (χ3n) is 6.12. The van der Waals surface area contributed by atoms with Crippen LogP contribution in [0, 0.1) is 6.92 Å². The van der Waals surface area contributed by atoms with Crippen LogP contribution >= 0.6 is 0 Å². The SMILES string of the molecule is CCCCNC(=O)C(Cc1ccccc1)N(Cc1ccccc1)C(=O)CCCOc1ccc(C)cc1. The molecule has 1 unspecified atom stereocenters. The lowest BCUT2D eigenvalue weighted by molar-refractivity contribution is -0.141. The van der Waals surface area contributed by atoms with Crippen molar-refractivity contribution >= 4 is 11.8 Å². The van der Waals surface area contributed by atoms with E-state index in [1.54, 1.807) is 4.90 Å². The highest BCUT2D eigenvalue weighted by molar-refractivity contribution is 5.88. The number of carbonyl (C=O) groups is 2. The van der Waals surface area contributed by atoms with Gasteiger partial charge in [0.1, 0.15) is 11.8 Å². The van der Waals surface area contributed by atoms with Crippen LogP contribution in [0.2, 0.25) is 0 Å². The van der Waals surface area contributed by atoms with Crippen LogP contribution in [0.25, 0.3) is 0 Å². The van der Waals surface area contributed by atoms with E-state index in [9.17, 15) is 9.59 Å². The smallest absolute Gasteiger partial charge is 0.243 e. The second kappa shape index (κ2) is 14.7. The summed E-state index contributed by atoms with van der Waals surface area (Å²) in [6, 6.07) is 27.1. The number of nitrogens with zero attached hydrogens (tertiary/aromatic N) is 1. The quantitative estimate of drug-likeness (QED) is 0.297. The fraction of sp³-hybridized carbons (Fsp3) is 0.355. The van der Waals surface area contributed by atoms with Crippen LogP contribution in [0.5, 0.6) is 5.75 Å². The first-order chi connectivity index (χ1) is 17.6. The topological polar surface area (TPSA) is 58.6 Å². The first-order valence-corrected chi connectivity index (χ1v) is 12.9. The van der Waals surface area contributed by atoms with Gasteiger partial charge in [0.25, 0.3) is 0 Å². The fourth-order valence-corrected chi connectivity index (χ4v) is 4.03. The summed E-state index contributed by atoms with van der Waals surface area (Å²) in [5, 5.41) is 3.06. The molecule has 1 N–H and O–H groups in total. The number of amides is 2. The van der Waals surface area contributed by atoms with E-state index >= 15 is 0 Å². The van der Waals surface area contributed by atoms with E-state index in [0.717, 1.165) is 29.7 Å². The van der Waals surface area contributed by atoms with Gasteiger partial charge >= 0.3 is 0 Å². The molecule has 0 heterocycles. The molecule has 5 heteroatoms. The van der Waals surface area contributed by atoms with Crippen molar-refractivity contribution in [2.24, 2.45) is 0 Å². The van der Waals surface area contributed by atoms with Crippen molar-refractivity contribution in [3.63, 3.8) is 0 Å². The molecule has 0 aliphatic heterocycles. The van der Waals surface area contributed by atoms with Crippen molar-refractivity contribution in [3.05, 3.63) is 102 Å². The number of nitrogens with one attached hydrogen (secondary N) is 1. The lowest BCUT2D eigenvalue weighted by Gasteiger charge is -2.31. The molecule has 190 valence electrons. The second-order valence-electron chi connectivity index (χ2n) is 9.12. The van der Waals surface area contributed by atoms with Crippen molar-refractivity contribution in [1.82, 2.24) is 10.2 Å². The largest absolute Gasteiger partial charge is 0.494 e. The Hall–Kier alpha value is -3.60. The van der Waals surface area contributed by atoms with E-state index in [-0.39, 0.29) is 11.8 Å². The monoisotopic (exact) mass is 486 g/mol. The number of rotatable bonds is 14. The lowest BCUT2D eigenvalue weighted by Crippen LogP contribution is -2.50. The third-order valence-corrected chi connectivity index (χ3v) is 6.12. The van der Waals surface area contributed by atoms with Crippen molar-refractivity contribution in [2.75, 3.05) is 13.2 Å². The maximum absolute atomic E-state index is 13.6. The highest BCUT2D eigenvalue weighted by atomic mass is 16.5. The number of hydrogen-bond donors (Lipinski definition) is 1. The Bertz CT molecular complexity index is 1050. The number of carbonyl (C=O) groups excluding carboxylic acids is 2. The minimum Gasteiger partial charge on any atom is -0.494 e. The first kappa shape index (κ1) is 27.0. The fourth-order valence-electron chi connectivity index (χ4n) is 4.03. The average molecular weight is 487 g/mol. The number of ether oxygens (including phenoxy) is 1. The molecule has 0 aliphatic rings. The molecule has 3 aromatic rings. The number of benzene rings is 3. The van der Waals surface area contributed by atoms with Gasteiger partial charge in [-0.1, -0.05) is 91.7 Å². The van der Waals surface area contributed by atoms with Crippen LogP contribution in [-0.4, -0.2) is 35.9 Å². The summed E-state index contributed by atoms with van der Waals surface area (Å²) >= 11 is 0. The van der Waals surface area contributed by atoms with E-state index in [1.165, 1.54) is 5.56 Å². The van der Waals surface area contributed by atoms with Crippen LogP contribution in [0.15, 0.2) is 84.9 Å². The maximum Gasteiger partial charge on any atom is 0.243 e. The molecule has 0 radical (unpaired) electrons. The van der Waals surface area contributed by atoms with Crippen LogP contribution in [0.4, 0.5) is 0 Å². The van der Waals surface area contributed by atoms with Crippen molar-refractivity contribution in [3.8, 4) is 5.75 Å². The van der Waals surface area contributed by atoms with Gasteiger partial charge in [0.05, 0.1) is 6.61 Å². The molecule has 1 atom stereocenters. The Morgan fingerprint density at radius 3 is 2.14 bits per heavy atom. The van der Waals surface area contributed by atoms with Gasteiger partial charge in [-0.2, -0.15) is 0 Å². The summed E-state index contributed by atoms with van der Waals surface area (Å²) in [7, 11) is 0. The summed E-state index contributed by atoms with van der Waals surface area (Å²) in [4.78, 5) is 28.7. The van der Waals surface area contributed by atoms with E-state index in [1.807, 2.05) is 91.9 Å². The normalized spacial score (nSPS) is 11.5. The molecule has 0 saturated carbocycles. The highest BCUT2D eigenvalue weighted by Crippen LogP contribution is 2.17. The summed E-state index contributed by atoms with van der Waals surface area (Å²) in [6.45, 7) is 5.57. The summed E-state index contributed by atoms with van der Waals surface area (Å²) in [5.74, 6) is 0.650. The minimum absolute atomic E-state index is 0.0436. The van der Waals surface area contributed by atoms with E-state index in [2.05, 4.69) is 12.2 Å². The Labute approximate surface area is 215 Å². The van der Waals surface area contributed by atoms with E-state index in [4.69, 9.17) is 4.74 Å². The molecule has 0 saturated heterocycles. The van der Waals surface area contributed by atoms with Gasteiger partial charge in [-0.3, -0.25) is 9.59 Å². The van der Waals surface area contributed by atoms with Gasteiger partial charge in [-0.05, 0) is 43.0 Å².